The number of hydrogen-bond donors (Lipinski definition) is 2. The average molecular weight is 300 g/mol. The zero-order valence-corrected chi connectivity index (χ0v) is 12.4. The minimum absolute atomic E-state index is 0.241. The lowest BCUT2D eigenvalue weighted by atomic mass is 10.2. The molecule has 2 aromatic rings. The highest BCUT2D eigenvalue weighted by Gasteiger charge is 2.11. The second-order valence-corrected chi connectivity index (χ2v) is 5.44. The molecule has 2 amide bonds. The summed E-state index contributed by atoms with van der Waals surface area (Å²) in [6.45, 7) is 1.83. The van der Waals surface area contributed by atoms with Crippen molar-refractivity contribution in [2.75, 3.05) is 0 Å². The third kappa shape index (κ3) is 4.89. The van der Waals surface area contributed by atoms with Gasteiger partial charge in [-0.3, -0.25) is 9.59 Å². The molecular formula is C16H16N2O2S. The van der Waals surface area contributed by atoms with Crippen LogP contribution in [0, 0.1) is 0 Å². The highest BCUT2D eigenvalue weighted by atomic mass is 32.1. The van der Waals surface area contributed by atoms with Gasteiger partial charge in [-0.15, -0.1) is 11.3 Å². The third-order valence-corrected chi connectivity index (χ3v) is 3.55. The topological polar surface area (TPSA) is 58.2 Å². The summed E-state index contributed by atoms with van der Waals surface area (Å²) < 4.78 is 0. The van der Waals surface area contributed by atoms with Crippen LogP contribution in [0.15, 0.2) is 53.5 Å². The van der Waals surface area contributed by atoms with Crippen LogP contribution in [0.1, 0.15) is 17.4 Å². The van der Waals surface area contributed by atoms with Crippen molar-refractivity contribution in [2.45, 2.75) is 13.5 Å². The van der Waals surface area contributed by atoms with E-state index in [0.717, 1.165) is 10.4 Å². The standard InChI is InChI=1S/C16H16N2O2S/c1-12(19)18-15(10-13-6-3-2-4-7-13)16(20)17-11-14-8-5-9-21-14/h2-10H,11H2,1H3,(H,17,20)(H,18,19). The molecule has 0 spiro atoms. The van der Waals surface area contributed by atoms with E-state index in [2.05, 4.69) is 10.6 Å². The number of rotatable bonds is 5. The predicted molar refractivity (Wildman–Crippen MR) is 84.4 cm³/mol. The Balaban J connectivity index is 2.09. The zero-order valence-electron chi connectivity index (χ0n) is 11.6. The number of carbonyl (C=O) groups is 2. The lowest BCUT2D eigenvalue weighted by Crippen LogP contribution is -2.33. The molecule has 0 aliphatic carbocycles. The maximum absolute atomic E-state index is 12.2. The second kappa shape index (κ2) is 7.40. The molecule has 0 bridgehead atoms. The van der Waals surface area contributed by atoms with Gasteiger partial charge in [0.25, 0.3) is 5.91 Å². The summed E-state index contributed by atoms with van der Waals surface area (Å²) in [6, 6.07) is 13.3. The van der Waals surface area contributed by atoms with Crippen molar-refractivity contribution in [3.8, 4) is 0 Å². The number of nitrogens with one attached hydrogen (secondary N) is 2. The second-order valence-electron chi connectivity index (χ2n) is 4.41. The number of carbonyl (C=O) groups excluding carboxylic acids is 2. The SMILES string of the molecule is CC(=O)NC(=Cc1ccccc1)C(=O)NCc1cccs1. The Morgan fingerprint density at radius 1 is 1.14 bits per heavy atom. The number of amides is 2. The fourth-order valence-electron chi connectivity index (χ4n) is 1.74. The van der Waals surface area contributed by atoms with Crippen LogP contribution in [-0.2, 0) is 16.1 Å². The van der Waals surface area contributed by atoms with E-state index < -0.39 is 0 Å². The number of benzene rings is 1. The normalized spacial score (nSPS) is 11.0. The van der Waals surface area contributed by atoms with Gasteiger partial charge in [0.2, 0.25) is 5.91 Å². The van der Waals surface area contributed by atoms with Crippen molar-refractivity contribution < 1.29 is 9.59 Å². The molecule has 0 radical (unpaired) electrons. The van der Waals surface area contributed by atoms with Gasteiger partial charge in [-0.25, -0.2) is 0 Å². The van der Waals surface area contributed by atoms with Gasteiger partial charge >= 0.3 is 0 Å². The Labute approximate surface area is 127 Å². The molecule has 2 N–H and O–H groups in total. The van der Waals surface area contributed by atoms with Crippen LogP contribution < -0.4 is 10.6 Å². The van der Waals surface area contributed by atoms with Gasteiger partial charge in [0.05, 0.1) is 6.54 Å². The highest BCUT2D eigenvalue weighted by Crippen LogP contribution is 2.09. The first-order valence-electron chi connectivity index (χ1n) is 6.50. The van der Waals surface area contributed by atoms with Crippen molar-refractivity contribution in [3.63, 3.8) is 0 Å². The Hall–Kier alpha value is -2.40. The van der Waals surface area contributed by atoms with E-state index in [1.165, 1.54) is 6.92 Å². The Bertz CT molecular complexity index is 634. The monoisotopic (exact) mass is 300 g/mol. The Morgan fingerprint density at radius 3 is 2.52 bits per heavy atom. The van der Waals surface area contributed by atoms with Crippen LogP contribution in [0.3, 0.4) is 0 Å². The van der Waals surface area contributed by atoms with Crippen LogP contribution >= 0.6 is 11.3 Å². The van der Waals surface area contributed by atoms with Crippen molar-refractivity contribution in [1.29, 1.82) is 0 Å². The van der Waals surface area contributed by atoms with Crippen LogP contribution in [0.2, 0.25) is 0 Å². The number of hydrogen-bond acceptors (Lipinski definition) is 3. The predicted octanol–water partition coefficient (Wildman–Crippen LogP) is 2.54. The van der Waals surface area contributed by atoms with E-state index >= 15 is 0 Å². The minimum atomic E-state index is -0.303. The zero-order chi connectivity index (χ0) is 15.1. The van der Waals surface area contributed by atoms with Gasteiger partial charge in [0, 0.05) is 11.8 Å². The van der Waals surface area contributed by atoms with Gasteiger partial charge in [-0.05, 0) is 23.1 Å². The smallest absolute Gasteiger partial charge is 0.268 e. The summed E-state index contributed by atoms with van der Waals surface area (Å²) in [5.41, 5.74) is 1.10. The first-order valence-corrected chi connectivity index (χ1v) is 7.38. The molecule has 0 aliphatic heterocycles. The fourth-order valence-corrected chi connectivity index (χ4v) is 2.38. The van der Waals surface area contributed by atoms with Crippen LogP contribution in [0.4, 0.5) is 0 Å². The molecule has 108 valence electrons. The first-order chi connectivity index (χ1) is 10.1. The van der Waals surface area contributed by atoms with Gasteiger partial charge in [-0.1, -0.05) is 36.4 Å². The lowest BCUT2D eigenvalue weighted by Gasteiger charge is -2.09. The molecule has 1 aromatic heterocycles. The lowest BCUT2D eigenvalue weighted by molar-refractivity contribution is -0.122. The molecule has 4 nitrogen and oxygen atoms in total. The molecule has 0 fully saturated rings. The molecule has 0 unspecified atom stereocenters. The molecule has 1 aromatic carbocycles. The summed E-state index contributed by atoms with van der Waals surface area (Å²) in [6.07, 6.45) is 1.66. The summed E-state index contributed by atoms with van der Waals surface area (Å²) in [7, 11) is 0. The summed E-state index contributed by atoms with van der Waals surface area (Å²) >= 11 is 1.57. The van der Waals surface area contributed by atoms with E-state index in [1.807, 2.05) is 47.8 Å². The van der Waals surface area contributed by atoms with Crippen LogP contribution in [0.5, 0.6) is 0 Å². The third-order valence-electron chi connectivity index (χ3n) is 2.67. The first kappa shape index (κ1) is 15.0. The summed E-state index contributed by atoms with van der Waals surface area (Å²) in [5, 5.41) is 7.33. The average Bonchev–Trinajstić information content (AvgIpc) is 2.98. The van der Waals surface area contributed by atoms with Crippen molar-refractivity contribution in [2.24, 2.45) is 0 Å². The Kier molecular flexibility index (Phi) is 5.29. The highest BCUT2D eigenvalue weighted by molar-refractivity contribution is 7.09. The van der Waals surface area contributed by atoms with Crippen molar-refractivity contribution in [3.05, 3.63) is 64.0 Å². The summed E-state index contributed by atoms with van der Waals surface area (Å²) in [4.78, 5) is 24.5. The minimum Gasteiger partial charge on any atom is -0.346 e. The molecular weight excluding hydrogens is 284 g/mol. The number of thiophene rings is 1. The molecule has 5 heteroatoms. The van der Waals surface area contributed by atoms with E-state index in [-0.39, 0.29) is 17.5 Å². The van der Waals surface area contributed by atoms with E-state index in [1.54, 1.807) is 17.4 Å². The van der Waals surface area contributed by atoms with Gasteiger partial charge < -0.3 is 10.6 Å². The quantitative estimate of drug-likeness (QED) is 0.834. The van der Waals surface area contributed by atoms with E-state index in [9.17, 15) is 9.59 Å². The molecule has 0 saturated carbocycles. The molecule has 1 heterocycles. The molecule has 0 atom stereocenters. The largest absolute Gasteiger partial charge is 0.346 e. The van der Waals surface area contributed by atoms with E-state index in [4.69, 9.17) is 0 Å². The summed E-state index contributed by atoms with van der Waals surface area (Å²) in [5.74, 6) is -0.578. The van der Waals surface area contributed by atoms with Gasteiger partial charge in [0.1, 0.15) is 5.70 Å². The Morgan fingerprint density at radius 2 is 1.90 bits per heavy atom. The molecule has 2 rings (SSSR count). The van der Waals surface area contributed by atoms with Crippen molar-refractivity contribution >= 4 is 29.2 Å². The van der Waals surface area contributed by atoms with Gasteiger partial charge in [-0.2, -0.15) is 0 Å². The molecule has 0 saturated heterocycles. The van der Waals surface area contributed by atoms with E-state index in [0.29, 0.717) is 6.54 Å². The van der Waals surface area contributed by atoms with Crippen molar-refractivity contribution in [1.82, 2.24) is 10.6 Å². The molecule has 0 aliphatic rings. The van der Waals surface area contributed by atoms with Gasteiger partial charge in [0.15, 0.2) is 0 Å². The fraction of sp³-hybridized carbons (Fsp3) is 0.125. The maximum Gasteiger partial charge on any atom is 0.268 e. The maximum atomic E-state index is 12.2. The van der Waals surface area contributed by atoms with Crippen LogP contribution in [-0.4, -0.2) is 11.8 Å². The van der Waals surface area contributed by atoms with Crippen LogP contribution in [0.25, 0.3) is 6.08 Å². The molecule has 21 heavy (non-hydrogen) atoms.